The van der Waals surface area contributed by atoms with Crippen LogP contribution in [0.3, 0.4) is 0 Å². The third-order valence-corrected chi connectivity index (χ3v) is 4.39. The molecule has 2 aromatic rings. The summed E-state index contributed by atoms with van der Waals surface area (Å²) in [5, 5.41) is 38.3. The average molecular weight is 371 g/mol. The van der Waals surface area contributed by atoms with Gasteiger partial charge in [0.1, 0.15) is 18.3 Å². The molecule has 1 aliphatic rings. The van der Waals surface area contributed by atoms with Gasteiger partial charge in [0.15, 0.2) is 17.4 Å². The SMILES string of the molecule is Nc1nc2c(c(=O)[nH]1)n(CCCCO)c(=O)n2C1OC(CO)C(O)C1O. The normalized spacial score (nSPS) is 26.0. The molecule has 0 radical (unpaired) electrons. The molecule has 12 heteroatoms. The summed E-state index contributed by atoms with van der Waals surface area (Å²) in [6, 6.07) is 0. The van der Waals surface area contributed by atoms with Gasteiger partial charge in [-0.2, -0.15) is 4.98 Å². The van der Waals surface area contributed by atoms with Gasteiger partial charge in [-0.15, -0.1) is 0 Å². The highest BCUT2D eigenvalue weighted by molar-refractivity contribution is 5.71. The molecule has 0 spiro atoms. The first-order valence-corrected chi connectivity index (χ1v) is 8.14. The van der Waals surface area contributed by atoms with E-state index in [2.05, 4.69) is 9.97 Å². The molecule has 0 bridgehead atoms. The summed E-state index contributed by atoms with van der Waals surface area (Å²) in [7, 11) is 0. The Morgan fingerprint density at radius 2 is 1.92 bits per heavy atom. The molecule has 7 N–H and O–H groups in total. The molecule has 1 saturated heterocycles. The second-order valence-electron chi connectivity index (χ2n) is 6.09. The van der Waals surface area contributed by atoms with E-state index in [4.69, 9.17) is 15.6 Å². The molecule has 12 nitrogen and oxygen atoms in total. The fraction of sp³-hybridized carbons (Fsp3) is 0.643. The third-order valence-electron chi connectivity index (χ3n) is 4.39. The summed E-state index contributed by atoms with van der Waals surface area (Å²) in [5.41, 5.74) is 4.09. The molecule has 2 aromatic heterocycles. The molecule has 144 valence electrons. The van der Waals surface area contributed by atoms with Crippen molar-refractivity contribution in [3.05, 3.63) is 20.8 Å². The number of aromatic nitrogens is 4. The van der Waals surface area contributed by atoms with Gasteiger partial charge in [0.05, 0.1) is 6.61 Å². The van der Waals surface area contributed by atoms with Crippen molar-refractivity contribution in [3.8, 4) is 0 Å². The maximum atomic E-state index is 12.9. The smallest absolute Gasteiger partial charge is 0.332 e. The standard InChI is InChI=1S/C14H21N5O7/c15-13-16-10-7(11(24)17-13)18(3-1-2-4-20)14(25)19(10)12-9(23)8(22)6(5-21)26-12/h6,8-9,12,20-23H,1-5H2,(H3,15,16,17,24). The van der Waals surface area contributed by atoms with E-state index in [0.717, 1.165) is 9.13 Å². The van der Waals surface area contributed by atoms with Crippen LogP contribution in [-0.4, -0.2) is 71.1 Å². The van der Waals surface area contributed by atoms with E-state index >= 15 is 0 Å². The lowest BCUT2D eigenvalue weighted by molar-refractivity contribution is -0.0528. The minimum atomic E-state index is -1.51. The van der Waals surface area contributed by atoms with Crippen LogP contribution in [0.1, 0.15) is 19.1 Å². The number of nitrogen functional groups attached to an aromatic ring is 1. The molecule has 0 amide bonds. The second kappa shape index (κ2) is 7.17. The van der Waals surface area contributed by atoms with Crippen molar-refractivity contribution < 1.29 is 25.2 Å². The highest BCUT2D eigenvalue weighted by Gasteiger charge is 2.45. The number of aliphatic hydroxyl groups is 4. The highest BCUT2D eigenvalue weighted by atomic mass is 16.6. The molecule has 26 heavy (non-hydrogen) atoms. The molecule has 3 rings (SSSR count). The fourth-order valence-electron chi connectivity index (χ4n) is 3.11. The summed E-state index contributed by atoms with van der Waals surface area (Å²) in [6.45, 7) is -0.495. The van der Waals surface area contributed by atoms with Crippen molar-refractivity contribution in [2.24, 2.45) is 0 Å². The predicted octanol–water partition coefficient (Wildman–Crippen LogP) is -3.15. The number of aryl methyl sites for hydroxylation is 1. The van der Waals surface area contributed by atoms with Gasteiger partial charge in [0, 0.05) is 13.2 Å². The molecule has 1 aliphatic heterocycles. The number of ether oxygens (including phenoxy) is 1. The van der Waals surface area contributed by atoms with Crippen molar-refractivity contribution in [2.45, 2.75) is 43.9 Å². The number of fused-ring (bicyclic) bond motifs is 1. The van der Waals surface area contributed by atoms with E-state index in [-0.39, 0.29) is 30.3 Å². The van der Waals surface area contributed by atoms with Crippen LogP contribution in [-0.2, 0) is 11.3 Å². The predicted molar refractivity (Wildman–Crippen MR) is 88.4 cm³/mol. The monoisotopic (exact) mass is 371 g/mol. The Bertz CT molecular complexity index is 903. The van der Waals surface area contributed by atoms with Crippen LogP contribution in [0, 0.1) is 0 Å². The number of nitrogens with zero attached hydrogens (tertiary/aromatic N) is 3. The molecule has 4 atom stereocenters. The molecule has 0 aliphatic carbocycles. The van der Waals surface area contributed by atoms with Gasteiger partial charge >= 0.3 is 5.69 Å². The number of anilines is 1. The summed E-state index contributed by atoms with van der Waals surface area (Å²) >= 11 is 0. The first-order valence-electron chi connectivity index (χ1n) is 8.14. The number of rotatable bonds is 6. The minimum absolute atomic E-state index is 0.0557. The minimum Gasteiger partial charge on any atom is -0.396 e. The van der Waals surface area contributed by atoms with E-state index in [0.29, 0.717) is 12.8 Å². The van der Waals surface area contributed by atoms with Crippen molar-refractivity contribution in [1.82, 2.24) is 19.1 Å². The highest BCUT2D eigenvalue weighted by Crippen LogP contribution is 2.30. The van der Waals surface area contributed by atoms with Gasteiger partial charge < -0.3 is 30.9 Å². The Morgan fingerprint density at radius 3 is 2.54 bits per heavy atom. The van der Waals surface area contributed by atoms with Crippen LogP contribution in [0.2, 0.25) is 0 Å². The van der Waals surface area contributed by atoms with Gasteiger partial charge in [-0.25, -0.2) is 9.36 Å². The lowest BCUT2D eigenvalue weighted by Crippen LogP contribution is -2.36. The summed E-state index contributed by atoms with van der Waals surface area (Å²) in [6.07, 6.45) is -4.51. The Morgan fingerprint density at radius 1 is 1.19 bits per heavy atom. The van der Waals surface area contributed by atoms with Gasteiger partial charge in [0.25, 0.3) is 5.56 Å². The van der Waals surface area contributed by atoms with Gasteiger partial charge in [0.2, 0.25) is 5.95 Å². The molecule has 3 heterocycles. The van der Waals surface area contributed by atoms with Crippen molar-refractivity contribution in [1.29, 1.82) is 0 Å². The van der Waals surface area contributed by atoms with Crippen LogP contribution in [0.25, 0.3) is 11.2 Å². The Kier molecular flexibility index (Phi) is 5.11. The number of hydrogen-bond donors (Lipinski definition) is 6. The third kappa shape index (κ3) is 2.91. The van der Waals surface area contributed by atoms with E-state index in [9.17, 15) is 24.9 Å². The van der Waals surface area contributed by atoms with Crippen molar-refractivity contribution in [3.63, 3.8) is 0 Å². The molecule has 0 aromatic carbocycles. The number of H-pyrrole nitrogens is 1. The first kappa shape index (κ1) is 18.5. The van der Waals surface area contributed by atoms with Crippen molar-refractivity contribution >= 4 is 17.1 Å². The molecule has 1 fully saturated rings. The van der Waals surface area contributed by atoms with E-state index in [1.54, 1.807) is 0 Å². The second-order valence-corrected chi connectivity index (χ2v) is 6.09. The number of imidazole rings is 1. The van der Waals surface area contributed by atoms with E-state index < -0.39 is 42.4 Å². The van der Waals surface area contributed by atoms with Crippen LogP contribution in [0.15, 0.2) is 9.59 Å². The lowest BCUT2D eigenvalue weighted by Gasteiger charge is -2.15. The molecule has 0 saturated carbocycles. The van der Waals surface area contributed by atoms with Crippen LogP contribution >= 0.6 is 0 Å². The van der Waals surface area contributed by atoms with Gasteiger partial charge in [-0.1, -0.05) is 0 Å². The fourth-order valence-corrected chi connectivity index (χ4v) is 3.11. The Balaban J connectivity index is 2.18. The summed E-state index contributed by atoms with van der Waals surface area (Å²) < 4.78 is 7.50. The van der Waals surface area contributed by atoms with E-state index in [1.807, 2.05) is 0 Å². The lowest BCUT2D eigenvalue weighted by atomic mass is 10.1. The van der Waals surface area contributed by atoms with Crippen LogP contribution in [0.4, 0.5) is 5.95 Å². The number of aromatic amines is 1. The number of nitrogens with two attached hydrogens (primary N) is 1. The maximum Gasteiger partial charge on any atom is 0.332 e. The number of aliphatic hydroxyl groups excluding tert-OH is 4. The molecule has 4 unspecified atom stereocenters. The number of hydrogen-bond acceptors (Lipinski definition) is 9. The first-order chi connectivity index (χ1) is 12.4. The summed E-state index contributed by atoms with van der Waals surface area (Å²) in [4.78, 5) is 31.5. The number of unbranched alkanes of at least 4 members (excludes halogenated alkanes) is 1. The van der Waals surface area contributed by atoms with Gasteiger partial charge in [-0.05, 0) is 12.8 Å². The topological polar surface area (TPSA) is 189 Å². The van der Waals surface area contributed by atoms with E-state index in [1.165, 1.54) is 0 Å². The maximum absolute atomic E-state index is 12.9. The Labute approximate surface area is 146 Å². The quantitative estimate of drug-likeness (QED) is 0.285. The van der Waals surface area contributed by atoms with Crippen LogP contribution < -0.4 is 17.0 Å². The largest absolute Gasteiger partial charge is 0.396 e. The molecular weight excluding hydrogens is 350 g/mol. The average Bonchev–Trinajstić information content (AvgIpc) is 3.03. The zero-order chi connectivity index (χ0) is 19.0. The summed E-state index contributed by atoms with van der Waals surface area (Å²) in [5.74, 6) is -0.226. The van der Waals surface area contributed by atoms with Crippen LogP contribution in [0.5, 0.6) is 0 Å². The molecular formula is C14H21N5O7. The zero-order valence-electron chi connectivity index (χ0n) is 13.8. The zero-order valence-corrected chi connectivity index (χ0v) is 13.8. The van der Waals surface area contributed by atoms with Crippen molar-refractivity contribution in [2.75, 3.05) is 18.9 Å². The van der Waals surface area contributed by atoms with Gasteiger partial charge in [-0.3, -0.25) is 14.3 Å². The Hall–Kier alpha value is -2.25. The number of nitrogens with one attached hydrogen (secondary N) is 1.